The molecule has 138 valence electrons. The van der Waals surface area contributed by atoms with Gasteiger partial charge in [0.25, 0.3) is 0 Å². The smallest absolute Gasteiger partial charge is 0.464 e. The number of methoxy groups -OCH3 is 1. The molecule has 0 radical (unpaired) electrons. The third-order valence-corrected chi connectivity index (χ3v) is 4.38. The van der Waals surface area contributed by atoms with Crippen molar-refractivity contribution in [2.75, 3.05) is 7.11 Å². The van der Waals surface area contributed by atoms with Gasteiger partial charge in [-0.15, -0.1) is 0 Å². The van der Waals surface area contributed by atoms with Crippen LogP contribution in [0.5, 0.6) is 0 Å². The number of hydrogen-bond donors (Lipinski definition) is 0. The van der Waals surface area contributed by atoms with Gasteiger partial charge in [-0.05, 0) is 60.6 Å². The highest BCUT2D eigenvalue weighted by Gasteiger charge is 2.53. The van der Waals surface area contributed by atoms with Crippen molar-refractivity contribution in [2.45, 2.75) is 65.3 Å². The molecule has 0 N–H and O–H groups in total. The van der Waals surface area contributed by atoms with E-state index in [1.165, 1.54) is 13.2 Å². The molecule has 0 aliphatic carbocycles. The van der Waals surface area contributed by atoms with Gasteiger partial charge in [-0.1, -0.05) is 0 Å². The summed E-state index contributed by atoms with van der Waals surface area (Å²) in [4.78, 5) is 24.7. The zero-order valence-corrected chi connectivity index (χ0v) is 16.1. The lowest BCUT2D eigenvalue weighted by molar-refractivity contribution is 0.00578. The Kier molecular flexibility index (Phi) is 4.82. The molecule has 1 aromatic rings. The highest BCUT2D eigenvalue weighted by molar-refractivity contribution is 6.61. The molecule has 0 amide bonds. The van der Waals surface area contributed by atoms with E-state index < -0.39 is 36.0 Å². The van der Waals surface area contributed by atoms with E-state index in [9.17, 15) is 9.59 Å². The number of esters is 1. The van der Waals surface area contributed by atoms with Crippen molar-refractivity contribution in [2.24, 2.45) is 0 Å². The minimum atomic E-state index is -0.809. The Balaban J connectivity index is 2.48. The lowest BCUT2D eigenvalue weighted by Gasteiger charge is -2.32. The molecule has 1 aliphatic heterocycles. The van der Waals surface area contributed by atoms with Crippen LogP contribution in [0.2, 0.25) is 0 Å². The Morgan fingerprint density at radius 3 is 2.04 bits per heavy atom. The first kappa shape index (κ1) is 19.5. The molecular weight excluding hydrogens is 325 g/mol. The summed E-state index contributed by atoms with van der Waals surface area (Å²) in [5.74, 6) is -0.645. The second-order valence-electron chi connectivity index (χ2n) is 8.04. The van der Waals surface area contributed by atoms with Crippen LogP contribution in [0.3, 0.4) is 0 Å². The molecule has 1 aliphatic rings. The normalized spacial score (nSPS) is 19.0. The Morgan fingerprint density at radius 1 is 1.08 bits per heavy atom. The van der Waals surface area contributed by atoms with E-state index in [1.54, 1.807) is 26.8 Å². The maximum absolute atomic E-state index is 12.7. The summed E-state index contributed by atoms with van der Waals surface area (Å²) in [5.41, 5.74) is -1.44. The van der Waals surface area contributed by atoms with Gasteiger partial charge in [0, 0.05) is 0 Å². The highest BCUT2D eigenvalue weighted by atomic mass is 16.7. The summed E-state index contributed by atoms with van der Waals surface area (Å²) >= 11 is 0. The molecule has 1 fully saturated rings. The van der Waals surface area contributed by atoms with Crippen molar-refractivity contribution < 1.29 is 28.4 Å². The van der Waals surface area contributed by atoms with Crippen molar-refractivity contribution >= 4 is 24.8 Å². The lowest BCUT2D eigenvalue weighted by Crippen LogP contribution is -2.44. The van der Waals surface area contributed by atoms with E-state index in [0.717, 1.165) is 4.57 Å². The summed E-state index contributed by atoms with van der Waals surface area (Å²) in [6.07, 6.45) is -0.692. The molecule has 0 bridgehead atoms. The molecule has 0 spiro atoms. The Labute approximate surface area is 148 Å². The minimum Gasteiger partial charge on any atom is -0.464 e. The van der Waals surface area contributed by atoms with Crippen LogP contribution in [0.4, 0.5) is 4.79 Å². The molecule has 8 heteroatoms. The van der Waals surface area contributed by atoms with Crippen LogP contribution in [-0.2, 0) is 18.8 Å². The summed E-state index contributed by atoms with van der Waals surface area (Å²) in [7, 11) is 0.444. The average Bonchev–Trinajstić information content (AvgIpc) is 2.95. The van der Waals surface area contributed by atoms with E-state index in [2.05, 4.69) is 0 Å². The number of rotatable bonds is 2. The zero-order chi connectivity index (χ0) is 19.2. The first-order valence-electron chi connectivity index (χ1n) is 8.18. The van der Waals surface area contributed by atoms with Crippen molar-refractivity contribution in [3.63, 3.8) is 0 Å². The van der Waals surface area contributed by atoms with Crippen molar-refractivity contribution in [1.29, 1.82) is 0 Å². The number of carbonyl (C=O) groups is 2. The van der Waals surface area contributed by atoms with Gasteiger partial charge < -0.3 is 18.8 Å². The number of nitrogens with zero attached hydrogens (tertiary/aromatic N) is 1. The number of hydrogen-bond acceptors (Lipinski definition) is 6. The monoisotopic (exact) mass is 351 g/mol. The maximum Gasteiger partial charge on any atom is 0.513 e. The zero-order valence-electron chi connectivity index (χ0n) is 16.1. The summed E-state index contributed by atoms with van der Waals surface area (Å²) < 4.78 is 23.3. The minimum absolute atomic E-state index is 0.0569. The first-order chi connectivity index (χ1) is 11.3. The van der Waals surface area contributed by atoms with Gasteiger partial charge in [-0.2, -0.15) is 0 Å². The van der Waals surface area contributed by atoms with Crippen LogP contribution in [0.25, 0.3) is 0 Å². The van der Waals surface area contributed by atoms with Gasteiger partial charge in [-0.3, -0.25) is 0 Å². The number of aromatic nitrogens is 1. The molecule has 0 saturated carbocycles. The first-order valence-corrected chi connectivity index (χ1v) is 8.18. The second kappa shape index (κ2) is 6.18. The molecule has 25 heavy (non-hydrogen) atoms. The van der Waals surface area contributed by atoms with Crippen molar-refractivity contribution in [3.8, 4) is 0 Å². The molecule has 2 heterocycles. The molecule has 7 nitrogen and oxygen atoms in total. The van der Waals surface area contributed by atoms with Crippen molar-refractivity contribution in [3.05, 3.63) is 17.8 Å². The molecule has 2 rings (SSSR count). The third-order valence-electron chi connectivity index (χ3n) is 4.38. The molecule has 0 aromatic carbocycles. The van der Waals surface area contributed by atoms with Crippen LogP contribution in [0.15, 0.2) is 12.1 Å². The van der Waals surface area contributed by atoms with Crippen molar-refractivity contribution in [1.82, 2.24) is 4.57 Å². The summed E-state index contributed by atoms with van der Waals surface area (Å²) in [6.45, 7) is 12.9. The van der Waals surface area contributed by atoms with E-state index in [1.807, 2.05) is 27.7 Å². The third kappa shape index (κ3) is 3.74. The molecule has 0 atom stereocenters. The predicted molar refractivity (Wildman–Crippen MR) is 93.1 cm³/mol. The summed E-state index contributed by atoms with van der Waals surface area (Å²) in [5, 5.41) is 0. The fraction of sp³-hybridized carbons (Fsp3) is 0.647. The summed E-state index contributed by atoms with van der Waals surface area (Å²) in [6, 6.07) is 3.11. The van der Waals surface area contributed by atoms with E-state index in [-0.39, 0.29) is 5.69 Å². The van der Waals surface area contributed by atoms with E-state index in [4.69, 9.17) is 18.8 Å². The van der Waals surface area contributed by atoms with Gasteiger partial charge >= 0.3 is 19.2 Å². The fourth-order valence-electron chi connectivity index (χ4n) is 2.38. The Bertz CT molecular complexity index is 670. The van der Waals surface area contributed by atoms with Gasteiger partial charge in [0.05, 0.1) is 23.9 Å². The van der Waals surface area contributed by atoms with Gasteiger partial charge in [0.2, 0.25) is 0 Å². The number of ether oxygens (including phenoxy) is 2. The largest absolute Gasteiger partial charge is 0.513 e. The molecule has 1 saturated heterocycles. The molecule has 0 unspecified atom stereocenters. The van der Waals surface area contributed by atoms with Gasteiger partial charge in [0.1, 0.15) is 11.3 Å². The van der Waals surface area contributed by atoms with Gasteiger partial charge in [0.15, 0.2) is 0 Å². The van der Waals surface area contributed by atoms with Crippen LogP contribution in [0, 0.1) is 0 Å². The molecule has 1 aromatic heterocycles. The quantitative estimate of drug-likeness (QED) is 0.601. The van der Waals surface area contributed by atoms with Crippen LogP contribution in [0.1, 0.15) is 59.0 Å². The second-order valence-corrected chi connectivity index (χ2v) is 8.04. The highest BCUT2D eigenvalue weighted by Crippen LogP contribution is 2.36. The van der Waals surface area contributed by atoms with Crippen LogP contribution < -0.4 is 5.59 Å². The maximum atomic E-state index is 12.7. The SMILES string of the molecule is COC(=O)c1ccc(B2OC(C)(C)C(C)(C)O2)n1C(=O)OC(C)(C)C. The number of carbonyl (C=O) groups excluding carboxylic acids is 2. The standard InChI is InChI=1S/C17H26BNO6/c1-15(2,3)23-14(21)19-11(13(20)22-8)9-10-12(19)18-24-16(4,5)17(6,7)25-18/h9-10H,1-8H3. The Hall–Kier alpha value is -1.80. The predicted octanol–water partition coefficient (Wildman–Crippen LogP) is 2.36. The van der Waals surface area contributed by atoms with Crippen LogP contribution >= 0.6 is 0 Å². The van der Waals surface area contributed by atoms with E-state index >= 15 is 0 Å². The van der Waals surface area contributed by atoms with Crippen LogP contribution in [-0.4, -0.2) is 47.7 Å². The average molecular weight is 351 g/mol. The van der Waals surface area contributed by atoms with Gasteiger partial charge in [-0.25, -0.2) is 14.2 Å². The van der Waals surface area contributed by atoms with E-state index in [0.29, 0.717) is 5.59 Å². The lowest BCUT2D eigenvalue weighted by atomic mass is 9.85. The fourth-order valence-corrected chi connectivity index (χ4v) is 2.38. The molecular formula is C17H26BNO6. The Morgan fingerprint density at radius 2 is 1.60 bits per heavy atom. The topological polar surface area (TPSA) is 76.0 Å².